The van der Waals surface area contributed by atoms with Crippen LogP contribution in [-0.4, -0.2) is 31.3 Å². The van der Waals surface area contributed by atoms with Crippen molar-refractivity contribution in [3.05, 3.63) is 23.5 Å². The molecule has 1 aromatic rings. The zero-order chi connectivity index (χ0) is 13.1. The van der Waals surface area contributed by atoms with Gasteiger partial charge in [-0.2, -0.15) is 0 Å². The molecular weight excluding hydrogens is 379 g/mol. The number of hydrogen-bond acceptors (Lipinski definition) is 6. The molecular formula is C12H15IN2O3S. The van der Waals surface area contributed by atoms with Crippen LogP contribution in [0.3, 0.4) is 0 Å². The number of nitrogens with one attached hydrogen (secondary N) is 1. The van der Waals surface area contributed by atoms with Gasteiger partial charge in [-0.15, -0.1) is 0 Å². The molecule has 3 heterocycles. The normalized spacial score (nSPS) is 20.3. The van der Waals surface area contributed by atoms with Gasteiger partial charge in [0.15, 0.2) is 12.3 Å². The maximum atomic E-state index is 5.44. The molecule has 1 fully saturated rings. The van der Waals surface area contributed by atoms with Gasteiger partial charge in [-0.25, -0.2) is 2.51 Å². The fourth-order valence-corrected chi connectivity index (χ4v) is 3.06. The van der Waals surface area contributed by atoms with Gasteiger partial charge in [0.2, 0.25) is 0 Å². The molecule has 3 rings (SSSR count). The molecule has 0 bridgehead atoms. The van der Waals surface area contributed by atoms with Gasteiger partial charge < -0.3 is 10.1 Å². The van der Waals surface area contributed by atoms with Crippen molar-refractivity contribution in [2.75, 3.05) is 31.7 Å². The number of aromatic nitrogens is 1. The first-order valence-electron chi connectivity index (χ1n) is 6.23. The fraction of sp³-hybridized carbons (Fsp3) is 0.583. The molecule has 1 aromatic heterocycles. The molecule has 2 aliphatic heterocycles. The molecule has 19 heavy (non-hydrogen) atoms. The lowest BCUT2D eigenvalue weighted by Gasteiger charge is -2.40. The van der Waals surface area contributed by atoms with E-state index in [0.717, 1.165) is 48.8 Å². The summed E-state index contributed by atoms with van der Waals surface area (Å²) in [4.78, 5) is 4.81. The van der Waals surface area contributed by atoms with Gasteiger partial charge in [0.25, 0.3) is 0 Å². The summed E-state index contributed by atoms with van der Waals surface area (Å²) in [6.07, 6.45) is 2.18. The van der Waals surface area contributed by atoms with Crippen LogP contribution in [0.25, 0.3) is 0 Å². The number of hydrogen-bond donors (Lipinski definition) is 1. The second-order valence-electron chi connectivity index (χ2n) is 4.89. The van der Waals surface area contributed by atoms with Gasteiger partial charge >= 0.3 is 0 Å². The van der Waals surface area contributed by atoms with Gasteiger partial charge in [-0.05, 0) is 25.0 Å². The largest absolute Gasteiger partial charge is 0.384 e. The standard InChI is InChI=1S/C12H15IN2O3S/c13-18-19-17-8-12(6-16-7-12)11-4-3-9-10(15-11)2-1-5-14-9/h3-4,14H,1-2,5-8H2. The van der Waals surface area contributed by atoms with Crippen molar-refractivity contribution < 1.29 is 11.4 Å². The Kier molecular flexibility index (Phi) is 4.47. The number of ether oxygens (including phenoxy) is 1. The number of rotatable bonds is 5. The maximum Gasteiger partial charge on any atom is 0.169 e. The summed E-state index contributed by atoms with van der Waals surface area (Å²) in [6.45, 7) is 2.91. The summed E-state index contributed by atoms with van der Waals surface area (Å²) in [5, 5.41) is 3.38. The molecule has 0 atom stereocenters. The van der Waals surface area contributed by atoms with Crippen molar-refractivity contribution in [2.24, 2.45) is 0 Å². The Hall–Kier alpha value is -0.0900. The van der Waals surface area contributed by atoms with Gasteiger partial charge in [0.1, 0.15) is 23.0 Å². The number of nitrogens with zero attached hydrogens (tertiary/aromatic N) is 1. The van der Waals surface area contributed by atoms with Crippen LogP contribution in [0.1, 0.15) is 17.8 Å². The maximum absolute atomic E-state index is 5.44. The zero-order valence-electron chi connectivity index (χ0n) is 10.4. The third-order valence-corrected chi connectivity index (χ3v) is 4.30. The van der Waals surface area contributed by atoms with Gasteiger partial charge in [0, 0.05) is 6.54 Å². The molecule has 0 amide bonds. The van der Waals surface area contributed by atoms with E-state index >= 15 is 0 Å². The molecule has 104 valence electrons. The van der Waals surface area contributed by atoms with Crippen molar-refractivity contribution in [1.82, 2.24) is 4.98 Å². The highest BCUT2D eigenvalue weighted by molar-refractivity contribution is 14.1. The van der Waals surface area contributed by atoms with E-state index in [1.165, 1.54) is 0 Å². The van der Waals surface area contributed by atoms with Crippen LogP contribution in [0.15, 0.2) is 12.1 Å². The zero-order valence-corrected chi connectivity index (χ0v) is 13.3. The third kappa shape index (κ3) is 2.85. The minimum Gasteiger partial charge on any atom is -0.384 e. The Bertz CT molecular complexity index is 457. The van der Waals surface area contributed by atoms with Crippen molar-refractivity contribution in [3.63, 3.8) is 0 Å². The third-order valence-electron chi connectivity index (χ3n) is 3.59. The average Bonchev–Trinajstić information content (AvgIpc) is 2.41. The smallest absolute Gasteiger partial charge is 0.169 e. The van der Waals surface area contributed by atoms with Crippen LogP contribution in [0.5, 0.6) is 0 Å². The average molecular weight is 394 g/mol. The molecule has 0 aromatic carbocycles. The number of halogens is 1. The van der Waals surface area contributed by atoms with Crippen LogP contribution in [0.2, 0.25) is 0 Å². The molecule has 1 N–H and O–H groups in total. The second kappa shape index (κ2) is 6.13. The summed E-state index contributed by atoms with van der Waals surface area (Å²) in [7, 11) is 0. The first kappa shape index (κ1) is 13.9. The van der Waals surface area contributed by atoms with Crippen LogP contribution >= 0.6 is 35.3 Å². The summed E-state index contributed by atoms with van der Waals surface area (Å²) >= 11 is 2.79. The Balaban J connectivity index is 1.79. The monoisotopic (exact) mass is 394 g/mol. The molecule has 0 saturated carbocycles. The molecule has 2 aliphatic rings. The highest BCUT2D eigenvalue weighted by Gasteiger charge is 2.42. The van der Waals surface area contributed by atoms with Crippen molar-refractivity contribution in [2.45, 2.75) is 18.3 Å². The van der Waals surface area contributed by atoms with E-state index in [9.17, 15) is 0 Å². The highest BCUT2D eigenvalue weighted by Crippen LogP contribution is 2.34. The van der Waals surface area contributed by atoms with Crippen LogP contribution < -0.4 is 5.32 Å². The van der Waals surface area contributed by atoms with Crippen molar-refractivity contribution in [1.29, 1.82) is 0 Å². The van der Waals surface area contributed by atoms with Crippen molar-refractivity contribution in [3.8, 4) is 0 Å². The minimum atomic E-state index is -0.116. The quantitative estimate of drug-likeness (QED) is 0.471. The van der Waals surface area contributed by atoms with Gasteiger partial charge in [-0.1, -0.05) is 0 Å². The topological polar surface area (TPSA) is 52.6 Å². The number of pyridine rings is 1. The van der Waals surface area contributed by atoms with E-state index in [-0.39, 0.29) is 5.41 Å². The first-order chi connectivity index (χ1) is 9.34. The number of fused-ring (bicyclic) bond motifs is 1. The molecule has 5 nitrogen and oxygen atoms in total. The number of anilines is 1. The molecule has 7 heteroatoms. The van der Waals surface area contributed by atoms with Gasteiger partial charge in [-0.3, -0.25) is 9.17 Å². The van der Waals surface area contributed by atoms with E-state index in [4.69, 9.17) is 16.4 Å². The van der Waals surface area contributed by atoms with Crippen molar-refractivity contribution >= 4 is 41.0 Å². The predicted molar refractivity (Wildman–Crippen MR) is 82.2 cm³/mol. The summed E-state index contributed by atoms with van der Waals surface area (Å²) in [5.74, 6) is 0. The first-order valence-corrected chi connectivity index (χ1v) is 7.78. The van der Waals surface area contributed by atoms with Gasteiger partial charge in [0.05, 0.1) is 42.3 Å². The second-order valence-corrected chi connectivity index (χ2v) is 6.46. The summed E-state index contributed by atoms with van der Waals surface area (Å²) in [5.41, 5.74) is 3.27. The Morgan fingerprint density at radius 2 is 2.37 bits per heavy atom. The molecule has 1 saturated heterocycles. The number of aryl methyl sites for hydroxylation is 1. The highest BCUT2D eigenvalue weighted by atomic mass is 127. The molecule has 0 spiro atoms. The Labute approximate surface area is 130 Å². The van der Waals surface area contributed by atoms with E-state index in [1.54, 1.807) is 23.0 Å². The van der Waals surface area contributed by atoms with Crippen LogP contribution in [0.4, 0.5) is 5.69 Å². The van der Waals surface area contributed by atoms with Crippen LogP contribution in [0, 0.1) is 0 Å². The molecule has 0 aliphatic carbocycles. The lowest BCUT2D eigenvalue weighted by molar-refractivity contribution is -0.0795. The predicted octanol–water partition coefficient (Wildman–Crippen LogP) is 2.65. The summed E-state index contributed by atoms with van der Waals surface area (Å²) < 4.78 is 15.6. The lowest BCUT2D eigenvalue weighted by atomic mass is 9.82. The van der Waals surface area contributed by atoms with E-state index in [0.29, 0.717) is 19.8 Å². The molecule has 0 unspecified atom stereocenters. The summed E-state index contributed by atoms with van der Waals surface area (Å²) in [6, 6.07) is 4.21. The van der Waals surface area contributed by atoms with E-state index in [2.05, 4.69) is 17.4 Å². The molecule has 0 radical (unpaired) electrons. The van der Waals surface area contributed by atoms with E-state index in [1.807, 2.05) is 0 Å². The SMILES string of the molecule is IOSOCC1(c2ccc3c(n2)CCCN3)COC1. The minimum absolute atomic E-state index is 0.116. The fourth-order valence-electron chi connectivity index (χ4n) is 2.44. The lowest BCUT2D eigenvalue weighted by Crippen LogP contribution is -2.50. The Morgan fingerprint density at radius 3 is 3.11 bits per heavy atom. The van der Waals surface area contributed by atoms with Crippen LogP contribution in [-0.2, 0) is 23.3 Å². The Morgan fingerprint density at radius 1 is 1.47 bits per heavy atom. The van der Waals surface area contributed by atoms with E-state index < -0.39 is 0 Å².